The lowest BCUT2D eigenvalue weighted by Gasteiger charge is -2.29. The van der Waals surface area contributed by atoms with Gasteiger partial charge in [0.2, 0.25) is 0 Å². The Bertz CT molecular complexity index is 403. The van der Waals surface area contributed by atoms with Crippen molar-refractivity contribution in [3.05, 3.63) is 29.8 Å². The summed E-state index contributed by atoms with van der Waals surface area (Å²) >= 11 is 0. The Hall–Kier alpha value is -1.06. The maximum atomic E-state index is 6.09. The summed E-state index contributed by atoms with van der Waals surface area (Å²) in [6, 6.07) is 8.36. The summed E-state index contributed by atoms with van der Waals surface area (Å²) in [5, 5.41) is 0. The highest BCUT2D eigenvalue weighted by atomic mass is 16.5. The van der Waals surface area contributed by atoms with Gasteiger partial charge < -0.3 is 15.4 Å². The fourth-order valence-corrected chi connectivity index (χ4v) is 2.55. The van der Waals surface area contributed by atoms with E-state index < -0.39 is 0 Å². The molecule has 1 aliphatic heterocycles. The first kappa shape index (κ1) is 14.4. The second-order valence-corrected chi connectivity index (χ2v) is 6.43. The van der Waals surface area contributed by atoms with Crippen LogP contribution in [0.5, 0.6) is 5.75 Å². The first-order valence-electron chi connectivity index (χ1n) is 7.15. The van der Waals surface area contributed by atoms with Crippen molar-refractivity contribution in [2.24, 2.45) is 5.73 Å². The molecular formula is C16H26N2O. The zero-order chi connectivity index (χ0) is 13.9. The largest absolute Gasteiger partial charge is 0.490 e. The molecule has 0 bridgehead atoms. The molecule has 0 radical (unpaired) electrons. The summed E-state index contributed by atoms with van der Waals surface area (Å²) in [6.07, 6.45) is 3.46. The van der Waals surface area contributed by atoms with Gasteiger partial charge in [-0.15, -0.1) is 0 Å². The Morgan fingerprint density at radius 1 is 1.32 bits per heavy atom. The van der Waals surface area contributed by atoms with Gasteiger partial charge in [-0.1, -0.05) is 12.1 Å². The highest BCUT2D eigenvalue weighted by Gasteiger charge is 2.18. The van der Waals surface area contributed by atoms with Crippen molar-refractivity contribution in [3.63, 3.8) is 0 Å². The second kappa shape index (κ2) is 5.93. The van der Waals surface area contributed by atoms with Gasteiger partial charge in [0.15, 0.2) is 0 Å². The van der Waals surface area contributed by atoms with E-state index in [1.165, 1.54) is 5.56 Å². The van der Waals surface area contributed by atoms with Crippen LogP contribution in [0, 0.1) is 0 Å². The average Bonchev–Trinajstić information content (AvgIpc) is 2.30. The smallest absolute Gasteiger partial charge is 0.119 e. The molecule has 0 amide bonds. The van der Waals surface area contributed by atoms with Crippen molar-refractivity contribution in [1.82, 2.24) is 4.90 Å². The number of piperidine rings is 1. The third-order valence-corrected chi connectivity index (χ3v) is 3.53. The lowest BCUT2D eigenvalue weighted by Crippen LogP contribution is -2.35. The van der Waals surface area contributed by atoms with Crippen LogP contribution in [0.1, 0.15) is 32.3 Å². The topological polar surface area (TPSA) is 38.5 Å². The van der Waals surface area contributed by atoms with Crippen LogP contribution in [0.2, 0.25) is 0 Å². The SMILES string of the molecule is CN1CCC(Oc2cccc(CC(C)(C)N)c2)CC1. The summed E-state index contributed by atoms with van der Waals surface area (Å²) in [4.78, 5) is 2.35. The number of likely N-dealkylation sites (tertiary alicyclic amines) is 1. The predicted octanol–water partition coefficient (Wildman–Crippen LogP) is 2.44. The van der Waals surface area contributed by atoms with Crippen LogP contribution in [-0.4, -0.2) is 36.7 Å². The van der Waals surface area contributed by atoms with Crippen molar-refractivity contribution in [1.29, 1.82) is 0 Å². The van der Waals surface area contributed by atoms with Crippen LogP contribution >= 0.6 is 0 Å². The number of hydrogen-bond donors (Lipinski definition) is 1. The first-order chi connectivity index (χ1) is 8.92. The molecule has 0 aromatic heterocycles. The number of nitrogens with two attached hydrogens (primary N) is 1. The first-order valence-corrected chi connectivity index (χ1v) is 7.15. The highest BCUT2D eigenvalue weighted by Crippen LogP contribution is 2.21. The maximum absolute atomic E-state index is 6.09. The molecule has 3 nitrogen and oxygen atoms in total. The van der Waals surface area contributed by atoms with Crippen molar-refractivity contribution in [2.75, 3.05) is 20.1 Å². The fraction of sp³-hybridized carbons (Fsp3) is 0.625. The number of benzene rings is 1. The number of nitrogens with zero attached hydrogens (tertiary/aromatic N) is 1. The Morgan fingerprint density at radius 2 is 2.00 bits per heavy atom. The lowest BCUT2D eigenvalue weighted by atomic mass is 9.96. The van der Waals surface area contributed by atoms with E-state index in [0.717, 1.165) is 38.1 Å². The van der Waals surface area contributed by atoms with Gasteiger partial charge in [0.05, 0.1) is 0 Å². The number of hydrogen-bond acceptors (Lipinski definition) is 3. The predicted molar refractivity (Wildman–Crippen MR) is 79.6 cm³/mol. The molecule has 2 rings (SSSR count). The van der Waals surface area contributed by atoms with E-state index in [0.29, 0.717) is 6.10 Å². The molecule has 1 heterocycles. The second-order valence-electron chi connectivity index (χ2n) is 6.43. The summed E-state index contributed by atoms with van der Waals surface area (Å²) in [5.41, 5.74) is 7.14. The fourth-order valence-electron chi connectivity index (χ4n) is 2.55. The molecule has 106 valence electrons. The lowest BCUT2D eigenvalue weighted by molar-refractivity contribution is 0.114. The van der Waals surface area contributed by atoms with Crippen LogP contribution in [0.15, 0.2) is 24.3 Å². The van der Waals surface area contributed by atoms with Crippen molar-refractivity contribution in [3.8, 4) is 5.75 Å². The van der Waals surface area contributed by atoms with E-state index >= 15 is 0 Å². The molecule has 0 unspecified atom stereocenters. The van der Waals surface area contributed by atoms with E-state index in [-0.39, 0.29) is 5.54 Å². The number of ether oxygens (including phenoxy) is 1. The molecular weight excluding hydrogens is 236 g/mol. The molecule has 0 atom stereocenters. The van der Waals surface area contributed by atoms with Gasteiger partial charge in [-0.2, -0.15) is 0 Å². The zero-order valence-corrected chi connectivity index (χ0v) is 12.4. The number of rotatable bonds is 4. The molecule has 2 N–H and O–H groups in total. The summed E-state index contributed by atoms with van der Waals surface area (Å²) in [7, 11) is 2.17. The Labute approximate surface area is 116 Å². The molecule has 1 aromatic rings. The summed E-state index contributed by atoms with van der Waals surface area (Å²) in [6.45, 7) is 6.36. The third-order valence-electron chi connectivity index (χ3n) is 3.53. The minimum atomic E-state index is -0.174. The molecule has 0 saturated carbocycles. The molecule has 0 aliphatic carbocycles. The van der Waals surface area contributed by atoms with Crippen molar-refractivity contribution >= 4 is 0 Å². The minimum absolute atomic E-state index is 0.174. The van der Waals surface area contributed by atoms with E-state index in [2.05, 4.69) is 44.0 Å². The molecule has 1 aliphatic rings. The van der Waals surface area contributed by atoms with E-state index in [1.54, 1.807) is 0 Å². The molecule has 1 aromatic carbocycles. The van der Waals surface area contributed by atoms with Gasteiger partial charge in [-0.3, -0.25) is 0 Å². The molecule has 3 heteroatoms. The van der Waals surface area contributed by atoms with Gasteiger partial charge in [0.1, 0.15) is 11.9 Å². The highest BCUT2D eigenvalue weighted by molar-refractivity contribution is 5.29. The quantitative estimate of drug-likeness (QED) is 0.906. The minimum Gasteiger partial charge on any atom is -0.490 e. The average molecular weight is 262 g/mol. The standard InChI is InChI=1S/C16H26N2O/c1-16(2,17)12-13-5-4-6-15(11-13)19-14-7-9-18(3)10-8-14/h4-6,11,14H,7-10,12,17H2,1-3H3. The Balaban J connectivity index is 1.95. The van der Waals surface area contributed by atoms with Crippen LogP contribution in [0.4, 0.5) is 0 Å². The monoisotopic (exact) mass is 262 g/mol. The van der Waals surface area contributed by atoms with Crippen molar-refractivity contribution < 1.29 is 4.74 Å². The molecule has 0 spiro atoms. The summed E-state index contributed by atoms with van der Waals surface area (Å²) < 4.78 is 6.09. The van der Waals surface area contributed by atoms with Crippen LogP contribution < -0.4 is 10.5 Å². The van der Waals surface area contributed by atoms with Crippen LogP contribution in [0.3, 0.4) is 0 Å². The van der Waals surface area contributed by atoms with Gasteiger partial charge >= 0.3 is 0 Å². The Kier molecular flexibility index (Phi) is 4.48. The van der Waals surface area contributed by atoms with Gasteiger partial charge in [-0.25, -0.2) is 0 Å². The van der Waals surface area contributed by atoms with Crippen LogP contribution in [0.25, 0.3) is 0 Å². The van der Waals surface area contributed by atoms with E-state index in [4.69, 9.17) is 10.5 Å². The van der Waals surface area contributed by atoms with Gasteiger partial charge in [0, 0.05) is 18.6 Å². The Morgan fingerprint density at radius 3 is 2.63 bits per heavy atom. The molecule has 1 saturated heterocycles. The van der Waals surface area contributed by atoms with Crippen LogP contribution in [-0.2, 0) is 6.42 Å². The zero-order valence-electron chi connectivity index (χ0n) is 12.4. The normalized spacial score (nSPS) is 18.5. The van der Waals surface area contributed by atoms with E-state index in [9.17, 15) is 0 Å². The molecule has 19 heavy (non-hydrogen) atoms. The van der Waals surface area contributed by atoms with Crippen molar-refractivity contribution in [2.45, 2.75) is 44.8 Å². The maximum Gasteiger partial charge on any atom is 0.119 e. The summed E-state index contributed by atoms with van der Waals surface area (Å²) in [5.74, 6) is 0.983. The molecule has 1 fully saturated rings. The van der Waals surface area contributed by atoms with Gasteiger partial charge in [0.25, 0.3) is 0 Å². The van der Waals surface area contributed by atoms with E-state index in [1.807, 2.05) is 6.07 Å². The van der Waals surface area contributed by atoms with Gasteiger partial charge in [-0.05, 0) is 57.9 Å². The third kappa shape index (κ3) is 4.84.